The van der Waals surface area contributed by atoms with Gasteiger partial charge in [-0.2, -0.15) is 0 Å². The molecule has 0 saturated carbocycles. The molecule has 2 heterocycles. The summed E-state index contributed by atoms with van der Waals surface area (Å²) in [6, 6.07) is 8.03. The molecule has 1 aromatic heterocycles. The Hall–Kier alpha value is -2.32. The summed E-state index contributed by atoms with van der Waals surface area (Å²) in [4.78, 5) is 17.0. The number of ether oxygens (including phenoxy) is 1. The lowest BCUT2D eigenvalue weighted by molar-refractivity contribution is 0.132. The molecule has 1 fully saturated rings. The van der Waals surface area contributed by atoms with E-state index in [4.69, 9.17) is 21.4 Å². The second-order valence-electron chi connectivity index (χ2n) is 6.77. The van der Waals surface area contributed by atoms with Gasteiger partial charge in [-0.25, -0.2) is 13.2 Å². The van der Waals surface area contributed by atoms with Gasteiger partial charge in [0.1, 0.15) is 12.4 Å². The van der Waals surface area contributed by atoms with Crippen molar-refractivity contribution in [3.63, 3.8) is 0 Å². The van der Waals surface area contributed by atoms with Gasteiger partial charge in [-0.1, -0.05) is 11.6 Å². The normalized spacial score (nSPS) is 15.4. The molecule has 3 rings (SSSR count). The maximum Gasteiger partial charge on any atom is 0.407 e. The number of benzene rings is 1. The highest BCUT2D eigenvalue weighted by Crippen LogP contribution is 2.30. The first-order valence-electron chi connectivity index (χ1n) is 8.79. The number of hydrogen-bond donors (Lipinski definition) is 1. The third-order valence-corrected chi connectivity index (χ3v) is 6.26. The quantitative estimate of drug-likeness (QED) is 0.787. The minimum Gasteiger partial charge on any atom is -0.487 e. The van der Waals surface area contributed by atoms with Crippen LogP contribution in [0.25, 0.3) is 0 Å². The molecule has 0 spiro atoms. The van der Waals surface area contributed by atoms with Crippen molar-refractivity contribution in [1.29, 1.82) is 0 Å². The van der Waals surface area contributed by atoms with Gasteiger partial charge in [0.25, 0.3) is 0 Å². The van der Waals surface area contributed by atoms with Crippen molar-refractivity contribution in [1.82, 2.24) is 9.88 Å². The minimum absolute atomic E-state index is 0.162. The number of halogens is 1. The predicted octanol–water partition coefficient (Wildman–Crippen LogP) is 3.57. The van der Waals surface area contributed by atoms with E-state index in [1.54, 1.807) is 18.3 Å². The average Bonchev–Trinajstić information content (AvgIpc) is 2.66. The Balaban J connectivity index is 1.61. The van der Waals surface area contributed by atoms with Gasteiger partial charge >= 0.3 is 6.09 Å². The predicted molar refractivity (Wildman–Crippen MR) is 105 cm³/mol. The van der Waals surface area contributed by atoms with Crippen molar-refractivity contribution in [3.8, 4) is 5.75 Å². The first kappa shape index (κ1) is 20.4. The molecular weight excluding hydrogens is 404 g/mol. The molecule has 0 unspecified atom stereocenters. The zero-order valence-electron chi connectivity index (χ0n) is 15.3. The van der Waals surface area contributed by atoms with Crippen molar-refractivity contribution in [2.45, 2.75) is 30.3 Å². The van der Waals surface area contributed by atoms with E-state index in [0.717, 1.165) is 24.7 Å². The van der Waals surface area contributed by atoms with Gasteiger partial charge in [-0.15, -0.1) is 0 Å². The fourth-order valence-corrected chi connectivity index (χ4v) is 4.01. The molecular formula is C19H21ClN2O5S. The molecule has 1 N–H and O–H groups in total. The highest BCUT2D eigenvalue weighted by atomic mass is 35.5. The maximum absolute atomic E-state index is 11.5. The molecule has 1 saturated heterocycles. The molecule has 1 amide bonds. The van der Waals surface area contributed by atoms with E-state index in [0.29, 0.717) is 29.6 Å². The number of aromatic nitrogens is 1. The lowest BCUT2D eigenvalue weighted by Gasteiger charge is -2.30. The Labute approximate surface area is 168 Å². The van der Waals surface area contributed by atoms with Crippen LogP contribution in [0.1, 0.15) is 30.0 Å². The average molecular weight is 425 g/mol. The zero-order valence-corrected chi connectivity index (χ0v) is 16.9. The molecule has 1 aliphatic heterocycles. The smallest absolute Gasteiger partial charge is 0.407 e. The summed E-state index contributed by atoms with van der Waals surface area (Å²) in [5.41, 5.74) is 1.58. The van der Waals surface area contributed by atoms with Crippen LogP contribution in [-0.4, -0.2) is 48.8 Å². The van der Waals surface area contributed by atoms with Gasteiger partial charge in [0.05, 0.1) is 15.6 Å². The van der Waals surface area contributed by atoms with Crippen LogP contribution >= 0.6 is 11.6 Å². The van der Waals surface area contributed by atoms with Gasteiger partial charge < -0.3 is 14.7 Å². The van der Waals surface area contributed by atoms with Crippen LogP contribution in [0.4, 0.5) is 4.79 Å². The van der Waals surface area contributed by atoms with E-state index in [-0.39, 0.29) is 17.4 Å². The largest absolute Gasteiger partial charge is 0.487 e. The highest BCUT2D eigenvalue weighted by molar-refractivity contribution is 7.90. The Morgan fingerprint density at radius 2 is 1.93 bits per heavy atom. The van der Waals surface area contributed by atoms with Crippen LogP contribution in [0.5, 0.6) is 5.75 Å². The zero-order chi connectivity index (χ0) is 20.3. The Bertz CT molecular complexity index is 955. The van der Waals surface area contributed by atoms with E-state index in [2.05, 4.69) is 4.98 Å². The summed E-state index contributed by atoms with van der Waals surface area (Å²) in [7, 11) is -3.24. The standard InChI is InChI=1S/C19H21ClN2O5S/c1-28(25,26)16-4-2-15(3-5-16)27-12-18-17(20)10-14(11-21-18)13-6-8-22(9-7-13)19(23)24/h2-5,10-11,13H,6-9,12H2,1H3,(H,23,24). The summed E-state index contributed by atoms with van der Waals surface area (Å²) >= 11 is 6.35. The van der Waals surface area contributed by atoms with Crippen LogP contribution in [0.3, 0.4) is 0 Å². The maximum atomic E-state index is 11.5. The van der Waals surface area contributed by atoms with E-state index >= 15 is 0 Å². The Morgan fingerprint density at radius 1 is 1.29 bits per heavy atom. The van der Waals surface area contributed by atoms with Crippen molar-refractivity contribution in [3.05, 3.63) is 52.8 Å². The van der Waals surface area contributed by atoms with Gasteiger partial charge in [0.2, 0.25) is 0 Å². The van der Waals surface area contributed by atoms with Gasteiger partial charge in [0, 0.05) is 25.5 Å². The van der Waals surface area contributed by atoms with E-state index in [9.17, 15) is 13.2 Å². The monoisotopic (exact) mass is 424 g/mol. The number of amides is 1. The number of likely N-dealkylation sites (tertiary alicyclic amines) is 1. The van der Waals surface area contributed by atoms with Gasteiger partial charge in [0.15, 0.2) is 9.84 Å². The van der Waals surface area contributed by atoms with Crippen molar-refractivity contribution < 1.29 is 23.1 Å². The number of rotatable bonds is 5. The lowest BCUT2D eigenvalue weighted by Crippen LogP contribution is -2.36. The molecule has 150 valence electrons. The molecule has 1 aromatic carbocycles. The van der Waals surface area contributed by atoms with Crippen LogP contribution in [-0.2, 0) is 16.4 Å². The van der Waals surface area contributed by atoms with Crippen LogP contribution in [0, 0.1) is 0 Å². The first-order chi connectivity index (χ1) is 13.2. The van der Waals surface area contributed by atoms with Crippen molar-refractivity contribution >= 4 is 27.5 Å². The second kappa shape index (κ2) is 8.36. The summed E-state index contributed by atoms with van der Waals surface area (Å²) < 4.78 is 28.6. The van der Waals surface area contributed by atoms with Crippen LogP contribution < -0.4 is 4.74 Å². The molecule has 28 heavy (non-hydrogen) atoms. The van der Waals surface area contributed by atoms with Crippen LogP contribution in [0.15, 0.2) is 41.4 Å². The number of piperidine rings is 1. The summed E-state index contributed by atoms with van der Waals surface area (Å²) in [5, 5.41) is 9.52. The number of hydrogen-bond acceptors (Lipinski definition) is 5. The topological polar surface area (TPSA) is 96.8 Å². The third-order valence-electron chi connectivity index (χ3n) is 4.80. The minimum atomic E-state index is -3.24. The molecule has 0 bridgehead atoms. The molecule has 0 radical (unpaired) electrons. The Kier molecular flexibility index (Phi) is 6.10. The number of nitrogens with zero attached hydrogens (tertiary/aromatic N) is 2. The van der Waals surface area contributed by atoms with E-state index < -0.39 is 15.9 Å². The number of sulfone groups is 1. The molecule has 0 atom stereocenters. The fourth-order valence-electron chi connectivity index (χ4n) is 3.15. The third kappa shape index (κ3) is 4.94. The Morgan fingerprint density at radius 3 is 2.46 bits per heavy atom. The molecule has 0 aliphatic carbocycles. The molecule has 2 aromatic rings. The van der Waals surface area contributed by atoms with Gasteiger partial charge in [-0.05, 0) is 54.7 Å². The number of carboxylic acid groups (broad SMARTS) is 1. The summed E-state index contributed by atoms with van der Waals surface area (Å²) in [5.74, 6) is 0.759. The number of carbonyl (C=O) groups is 1. The van der Waals surface area contributed by atoms with Crippen LogP contribution in [0.2, 0.25) is 5.02 Å². The van der Waals surface area contributed by atoms with E-state index in [1.807, 2.05) is 6.07 Å². The van der Waals surface area contributed by atoms with Gasteiger partial charge in [-0.3, -0.25) is 4.98 Å². The fraction of sp³-hybridized carbons (Fsp3) is 0.368. The SMILES string of the molecule is CS(=O)(=O)c1ccc(OCc2ncc(C3CCN(C(=O)O)CC3)cc2Cl)cc1. The summed E-state index contributed by atoms with van der Waals surface area (Å²) in [6.07, 6.45) is 3.52. The van der Waals surface area contributed by atoms with Crippen molar-refractivity contribution in [2.24, 2.45) is 0 Å². The molecule has 7 nitrogen and oxygen atoms in total. The summed E-state index contributed by atoms with van der Waals surface area (Å²) in [6.45, 7) is 1.17. The van der Waals surface area contributed by atoms with E-state index in [1.165, 1.54) is 17.0 Å². The second-order valence-corrected chi connectivity index (χ2v) is 9.20. The molecule has 1 aliphatic rings. The highest BCUT2D eigenvalue weighted by Gasteiger charge is 2.24. The van der Waals surface area contributed by atoms with Crippen molar-refractivity contribution in [2.75, 3.05) is 19.3 Å². The lowest BCUT2D eigenvalue weighted by atomic mass is 9.90. The first-order valence-corrected chi connectivity index (χ1v) is 11.1. The molecule has 9 heteroatoms. The number of pyridine rings is 1.